The standard InChI is InChI=1S/C31H37F3O/c1-2-3-20-6-11-23(12-7-20)25-16-17-26(31(34)30(25)33)24-13-8-21(9-14-24)4-5-22-10-15-27(28(32)18-22)29-19-35-29/h6-9,11,13,16,18,22-24,26-27,29H,2-5,10,12,14-15,17,19H2,1H3. The van der Waals surface area contributed by atoms with Crippen molar-refractivity contribution in [3.05, 3.63) is 82.8 Å². The molecule has 0 aromatic heterocycles. The van der Waals surface area contributed by atoms with Gasteiger partial charge in [0, 0.05) is 17.8 Å². The van der Waals surface area contributed by atoms with E-state index in [2.05, 4.69) is 37.3 Å². The quantitative estimate of drug-likeness (QED) is 0.315. The minimum atomic E-state index is -0.646. The zero-order chi connectivity index (χ0) is 24.4. The minimum Gasteiger partial charge on any atom is -0.372 e. The molecule has 0 amide bonds. The van der Waals surface area contributed by atoms with Crippen LogP contribution in [0.3, 0.4) is 0 Å². The van der Waals surface area contributed by atoms with Gasteiger partial charge in [-0.25, -0.2) is 13.2 Å². The predicted molar refractivity (Wildman–Crippen MR) is 135 cm³/mol. The van der Waals surface area contributed by atoms with Crippen LogP contribution in [0.5, 0.6) is 0 Å². The lowest BCUT2D eigenvalue weighted by molar-refractivity contribution is 0.278. The van der Waals surface area contributed by atoms with Gasteiger partial charge in [-0.3, -0.25) is 0 Å². The Hall–Kier alpha value is -2.07. The van der Waals surface area contributed by atoms with Gasteiger partial charge in [-0.2, -0.15) is 0 Å². The predicted octanol–water partition coefficient (Wildman–Crippen LogP) is 8.95. The molecule has 0 spiro atoms. The molecule has 5 rings (SSSR count). The van der Waals surface area contributed by atoms with E-state index in [1.165, 1.54) is 11.1 Å². The van der Waals surface area contributed by atoms with Crippen LogP contribution in [0.4, 0.5) is 13.2 Å². The SMILES string of the molecule is CCCC1=CCC(C2=CCC(C3C=CC(CCC4C=C(F)C(C5CO5)CC4)=CC3)C(F)=C2F)C=C1. The summed E-state index contributed by atoms with van der Waals surface area (Å²) in [5.41, 5.74) is 3.03. The van der Waals surface area contributed by atoms with Gasteiger partial charge >= 0.3 is 0 Å². The Morgan fingerprint density at radius 2 is 1.66 bits per heavy atom. The molecule has 5 aliphatic rings. The number of hydrogen-bond acceptors (Lipinski definition) is 1. The van der Waals surface area contributed by atoms with E-state index in [0.717, 1.165) is 51.4 Å². The van der Waals surface area contributed by atoms with Gasteiger partial charge in [0.05, 0.1) is 12.7 Å². The highest BCUT2D eigenvalue weighted by Gasteiger charge is 2.38. The van der Waals surface area contributed by atoms with Crippen LogP contribution in [0.1, 0.15) is 64.7 Å². The summed E-state index contributed by atoms with van der Waals surface area (Å²) in [6.07, 6.45) is 24.2. The Morgan fingerprint density at radius 3 is 2.31 bits per heavy atom. The Balaban J connectivity index is 1.13. The van der Waals surface area contributed by atoms with Crippen LogP contribution in [0.25, 0.3) is 0 Å². The van der Waals surface area contributed by atoms with Crippen LogP contribution in [0, 0.1) is 29.6 Å². The molecule has 0 N–H and O–H groups in total. The van der Waals surface area contributed by atoms with Crippen LogP contribution in [0.15, 0.2) is 82.8 Å². The lowest BCUT2D eigenvalue weighted by Gasteiger charge is -2.30. The summed E-state index contributed by atoms with van der Waals surface area (Å²) in [6.45, 7) is 2.84. The molecule has 1 heterocycles. The molecule has 1 fully saturated rings. The lowest BCUT2D eigenvalue weighted by Crippen LogP contribution is -2.20. The molecule has 0 aromatic carbocycles. The summed E-state index contributed by atoms with van der Waals surface area (Å²) in [5.74, 6) is -1.49. The molecule has 6 unspecified atom stereocenters. The van der Waals surface area contributed by atoms with E-state index in [0.29, 0.717) is 18.6 Å². The average Bonchev–Trinajstić information content (AvgIpc) is 3.71. The minimum absolute atomic E-state index is 0.00660. The first-order valence-corrected chi connectivity index (χ1v) is 13.5. The van der Waals surface area contributed by atoms with Gasteiger partial charge in [-0.15, -0.1) is 0 Å². The van der Waals surface area contributed by atoms with Crippen molar-refractivity contribution in [2.45, 2.75) is 70.8 Å². The van der Waals surface area contributed by atoms with Gasteiger partial charge in [0.25, 0.3) is 0 Å². The summed E-state index contributed by atoms with van der Waals surface area (Å²) in [7, 11) is 0. The number of hydrogen-bond donors (Lipinski definition) is 0. The number of rotatable bonds is 8. The fourth-order valence-corrected chi connectivity index (χ4v) is 6.15. The van der Waals surface area contributed by atoms with E-state index >= 15 is 8.78 Å². The highest BCUT2D eigenvalue weighted by Crippen LogP contribution is 2.44. The maximum atomic E-state index is 15.2. The first-order valence-electron chi connectivity index (χ1n) is 13.5. The van der Waals surface area contributed by atoms with Crippen molar-refractivity contribution >= 4 is 0 Å². The van der Waals surface area contributed by atoms with Gasteiger partial charge in [0.1, 0.15) is 11.7 Å². The fourth-order valence-electron chi connectivity index (χ4n) is 6.15. The van der Waals surface area contributed by atoms with E-state index in [1.54, 1.807) is 0 Å². The number of epoxide rings is 1. The summed E-state index contributed by atoms with van der Waals surface area (Å²) >= 11 is 0. The van der Waals surface area contributed by atoms with Crippen molar-refractivity contribution < 1.29 is 17.9 Å². The summed E-state index contributed by atoms with van der Waals surface area (Å²) in [5, 5.41) is 0. The van der Waals surface area contributed by atoms with Crippen LogP contribution < -0.4 is 0 Å². The van der Waals surface area contributed by atoms with Crippen molar-refractivity contribution in [3.8, 4) is 0 Å². The Morgan fingerprint density at radius 1 is 0.886 bits per heavy atom. The van der Waals surface area contributed by atoms with Crippen molar-refractivity contribution in [2.24, 2.45) is 29.6 Å². The molecule has 1 saturated heterocycles. The molecule has 0 bridgehead atoms. The van der Waals surface area contributed by atoms with E-state index in [1.807, 2.05) is 18.2 Å². The molecule has 1 aliphatic heterocycles. The van der Waals surface area contributed by atoms with Gasteiger partial charge in [-0.1, -0.05) is 67.0 Å². The Kier molecular flexibility index (Phi) is 7.67. The van der Waals surface area contributed by atoms with Gasteiger partial charge in [-0.05, 0) is 74.9 Å². The largest absolute Gasteiger partial charge is 0.372 e. The molecule has 1 nitrogen and oxygen atoms in total. The number of ether oxygens (including phenoxy) is 1. The normalized spacial score (nSPS) is 34.9. The Labute approximate surface area is 207 Å². The average molecular weight is 483 g/mol. The van der Waals surface area contributed by atoms with Crippen molar-refractivity contribution in [2.75, 3.05) is 6.61 Å². The first kappa shape index (κ1) is 24.6. The molecule has 0 aromatic rings. The second-order valence-corrected chi connectivity index (χ2v) is 10.8. The zero-order valence-corrected chi connectivity index (χ0v) is 20.7. The summed E-state index contributed by atoms with van der Waals surface area (Å²) < 4.78 is 49.9. The molecule has 4 aliphatic carbocycles. The maximum Gasteiger partial charge on any atom is 0.158 e. The molecule has 188 valence electrons. The van der Waals surface area contributed by atoms with Crippen LogP contribution in [0.2, 0.25) is 0 Å². The highest BCUT2D eigenvalue weighted by molar-refractivity contribution is 5.41. The first-order chi connectivity index (χ1) is 17.0. The third kappa shape index (κ3) is 5.69. The zero-order valence-electron chi connectivity index (χ0n) is 20.7. The lowest BCUT2D eigenvalue weighted by atomic mass is 9.76. The second kappa shape index (κ2) is 10.9. The van der Waals surface area contributed by atoms with Crippen molar-refractivity contribution in [3.63, 3.8) is 0 Å². The Bertz CT molecular complexity index is 1020. The third-order valence-corrected chi connectivity index (χ3v) is 8.43. The monoisotopic (exact) mass is 482 g/mol. The molecular formula is C31H37F3O. The molecular weight excluding hydrogens is 445 g/mol. The third-order valence-electron chi connectivity index (χ3n) is 8.43. The van der Waals surface area contributed by atoms with Crippen LogP contribution >= 0.6 is 0 Å². The van der Waals surface area contributed by atoms with Crippen LogP contribution in [-0.2, 0) is 4.74 Å². The van der Waals surface area contributed by atoms with E-state index in [-0.39, 0.29) is 35.6 Å². The molecule has 0 radical (unpaired) electrons. The maximum absolute atomic E-state index is 15.2. The van der Waals surface area contributed by atoms with Crippen molar-refractivity contribution in [1.29, 1.82) is 0 Å². The molecule has 4 heteroatoms. The van der Waals surface area contributed by atoms with Crippen molar-refractivity contribution in [1.82, 2.24) is 0 Å². The van der Waals surface area contributed by atoms with E-state index in [9.17, 15) is 4.39 Å². The van der Waals surface area contributed by atoms with E-state index in [4.69, 9.17) is 4.74 Å². The number of allylic oxidation sites excluding steroid dienone is 13. The summed E-state index contributed by atoms with van der Waals surface area (Å²) in [6, 6.07) is 0. The molecule has 0 saturated carbocycles. The van der Waals surface area contributed by atoms with E-state index < -0.39 is 17.6 Å². The van der Waals surface area contributed by atoms with Gasteiger partial charge in [0.15, 0.2) is 5.83 Å². The summed E-state index contributed by atoms with van der Waals surface area (Å²) in [4.78, 5) is 0. The van der Waals surface area contributed by atoms with Gasteiger partial charge < -0.3 is 4.74 Å². The van der Waals surface area contributed by atoms with Gasteiger partial charge in [0.2, 0.25) is 0 Å². The smallest absolute Gasteiger partial charge is 0.158 e. The highest BCUT2D eigenvalue weighted by atomic mass is 19.2. The second-order valence-electron chi connectivity index (χ2n) is 10.8. The van der Waals surface area contributed by atoms with Crippen LogP contribution in [-0.4, -0.2) is 12.7 Å². The molecule has 6 atom stereocenters. The number of halogens is 3. The fraction of sp³-hybridized carbons (Fsp3) is 0.548. The topological polar surface area (TPSA) is 12.5 Å². The molecule has 35 heavy (non-hydrogen) atoms.